The van der Waals surface area contributed by atoms with Crippen LogP contribution in [0.5, 0.6) is 0 Å². The number of carbonyl (C=O) groups is 2. The topological polar surface area (TPSA) is 93.0 Å². The molecule has 0 saturated carbocycles. The van der Waals surface area contributed by atoms with Crippen LogP contribution < -0.4 is 5.32 Å². The van der Waals surface area contributed by atoms with Crippen molar-refractivity contribution in [2.24, 2.45) is 0 Å². The maximum Gasteiger partial charge on any atom is 0.269 e. The van der Waals surface area contributed by atoms with Crippen molar-refractivity contribution in [2.75, 3.05) is 13.6 Å². The predicted molar refractivity (Wildman–Crippen MR) is 130 cm³/mol. The number of pyridine rings is 2. The molecule has 5 rings (SSSR count). The lowest BCUT2D eigenvalue weighted by Crippen LogP contribution is -2.37. The van der Waals surface area contributed by atoms with Gasteiger partial charge in [0.2, 0.25) is 5.91 Å². The van der Waals surface area contributed by atoms with E-state index in [2.05, 4.69) is 33.9 Å². The molecule has 1 aromatic carbocycles. The highest BCUT2D eigenvalue weighted by atomic mass is 16.2. The Labute approximate surface area is 197 Å². The molecule has 2 amide bonds. The Morgan fingerprint density at radius 1 is 1.09 bits per heavy atom. The van der Waals surface area contributed by atoms with Crippen LogP contribution in [0, 0.1) is 0 Å². The number of rotatable bonds is 4. The van der Waals surface area contributed by atoms with E-state index in [-0.39, 0.29) is 11.8 Å². The third-order valence-corrected chi connectivity index (χ3v) is 6.39. The van der Waals surface area contributed by atoms with Gasteiger partial charge in [-0.3, -0.25) is 19.6 Å². The first-order chi connectivity index (χ1) is 16.5. The van der Waals surface area contributed by atoms with Crippen LogP contribution in [0.25, 0.3) is 33.3 Å². The van der Waals surface area contributed by atoms with Crippen molar-refractivity contribution in [1.82, 2.24) is 29.7 Å². The van der Waals surface area contributed by atoms with Crippen LogP contribution in [-0.2, 0) is 24.3 Å². The van der Waals surface area contributed by atoms with Gasteiger partial charge in [-0.1, -0.05) is 25.1 Å². The maximum absolute atomic E-state index is 12.1. The average molecular weight is 455 g/mol. The third-order valence-electron chi connectivity index (χ3n) is 6.39. The Morgan fingerprint density at radius 2 is 1.94 bits per heavy atom. The van der Waals surface area contributed by atoms with Crippen molar-refractivity contribution >= 4 is 22.6 Å². The zero-order chi connectivity index (χ0) is 23.8. The number of fused-ring (bicyclic) bond motifs is 2. The van der Waals surface area contributed by atoms with E-state index in [0.29, 0.717) is 18.8 Å². The molecule has 8 heteroatoms. The van der Waals surface area contributed by atoms with Crippen LogP contribution in [0.4, 0.5) is 0 Å². The van der Waals surface area contributed by atoms with E-state index in [9.17, 15) is 9.59 Å². The van der Waals surface area contributed by atoms with E-state index in [1.807, 2.05) is 29.3 Å². The first-order valence-corrected chi connectivity index (χ1v) is 11.4. The van der Waals surface area contributed by atoms with E-state index >= 15 is 0 Å². The number of aromatic nitrogens is 4. The number of hydrogen-bond acceptors (Lipinski definition) is 5. The van der Waals surface area contributed by atoms with E-state index in [1.54, 1.807) is 26.2 Å². The number of nitrogens with zero attached hydrogens (tertiary/aromatic N) is 5. The Hall–Kier alpha value is -4.07. The van der Waals surface area contributed by atoms with Crippen molar-refractivity contribution < 1.29 is 9.59 Å². The van der Waals surface area contributed by atoms with Crippen molar-refractivity contribution in [3.05, 3.63) is 66.0 Å². The number of amides is 2. The van der Waals surface area contributed by atoms with Crippen molar-refractivity contribution in [1.29, 1.82) is 0 Å². The van der Waals surface area contributed by atoms with E-state index in [0.717, 1.165) is 57.8 Å². The summed E-state index contributed by atoms with van der Waals surface area (Å²) in [6.45, 7) is 5.75. The third kappa shape index (κ3) is 3.71. The smallest absolute Gasteiger partial charge is 0.269 e. The summed E-state index contributed by atoms with van der Waals surface area (Å²) in [5.41, 5.74) is 4.99. The van der Waals surface area contributed by atoms with Gasteiger partial charge < -0.3 is 14.8 Å². The highest BCUT2D eigenvalue weighted by molar-refractivity contribution is 5.97. The quantitative estimate of drug-likeness (QED) is 0.510. The number of hydrogen-bond donors (Lipinski definition) is 1. The van der Waals surface area contributed by atoms with Gasteiger partial charge in [-0.25, -0.2) is 4.98 Å². The van der Waals surface area contributed by atoms with Crippen molar-refractivity contribution in [2.45, 2.75) is 33.4 Å². The molecule has 1 N–H and O–H groups in total. The van der Waals surface area contributed by atoms with Crippen molar-refractivity contribution in [3.63, 3.8) is 0 Å². The fourth-order valence-electron chi connectivity index (χ4n) is 4.54. The summed E-state index contributed by atoms with van der Waals surface area (Å²) in [4.78, 5) is 39.6. The monoisotopic (exact) mass is 454 g/mol. The normalized spacial score (nSPS) is 13.1. The Balaban J connectivity index is 1.57. The van der Waals surface area contributed by atoms with Crippen LogP contribution >= 0.6 is 0 Å². The highest BCUT2D eigenvalue weighted by Crippen LogP contribution is 2.34. The number of aryl methyl sites for hydroxylation is 1. The summed E-state index contributed by atoms with van der Waals surface area (Å²) < 4.78 is 2.26. The second-order valence-electron chi connectivity index (χ2n) is 8.38. The number of imidazole rings is 1. The second kappa shape index (κ2) is 8.70. The lowest BCUT2D eigenvalue weighted by Gasteiger charge is -2.28. The van der Waals surface area contributed by atoms with Gasteiger partial charge in [0.15, 0.2) is 0 Å². The van der Waals surface area contributed by atoms with Gasteiger partial charge in [0.1, 0.15) is 11.5 Å². The Kier molecular flexibility index (Phi) is 5.57. The molecule has 4 aromatic rings. The number of benzene rings is 1. The first kappa shape index (κ1) is 21.8. The molecule has 1 aliphatic rings. The zero-order valence-electron chi connectivity index (χ0n) is 19.5. The standard InChI is InChI=1S/C26H26N6O2/c1-4-24-30-25(23-15-31(16(2)33)10-11-32(23)24)19-7-5-6-17-12-22(29-14-20(17)19)18-8-9-21(28-13-18)26(34)27-3/h5-9,12-14H,4,10-11,15H2,1-3H3,(H,27,34). The molecule has 4 heterocycles. The summed E-state index contributed by atoms with van der Waals surface area (Å²) in [5.74, 6) is 0.898. The summed E-state index contributed by atoms with van der Waals surface area (Å²) in [6.07, 6.45) is 4.37. The summed E-state index contributed by atoms with van der Waals surface area (Å²) >= 11 is 0. The Morgan fingerprint density at radius 3 is 2.65 bits per heavy atom. The van der Waals surface area contributed by atoms with Crippen LogP contribution in [-0.4, -0.2) is 49.8 Å². The minimum absolute atomic E-state index is 0.0803. The molecule has 0 fully saturated rings. The molecular formula is C26H26N6O2. The zero-order valence-corrected chi connectivity index (χ0v) is 19.5. The van der Waals surface area contributed by atoms with Crippen LogP contribution in [0.3, 0.4) is 0 Å². The molecule has 0 spiro atoms. The minimum Gasteiger partial charge on any atom is -0.354 e. The molecule has 0 saturated heterocycles. The second-order valence-corrected chi connectivity index (χ2v) is 8.38. The van der Waals surface area contributed by atoms with Gasteiger partial charge >= 0.3 is 0 Å². The highest BCUT2D eigenvalue weighted by Gasteiger charge is 2.26. The molecule has 0 radical (unpaired) electrons. The van der Waals surface area contributed by atoms with E-state index in [4.69, 9.17) is 9.97 Å². The van der Waals surface area contributed by atoms with Crippen molar-refractivity contribution in [3.8, 4) is 22.5 Å². The van der Waals surface area contributed by atoms with Gasteiger partial charge in [-0.2, -0.15) is 0 Å². The largest absolute Gasteiger partial charge is 0.354 e. The molecule has 1 aliphatic heterocycles. The predicted octanol–water partition coefficient (Wildman–Crippen LogP) is 3.44. The first-order valence-electron chi connectivity index (χ1n) is 11.4. The van der Waals surface area contributed by atoms with Gasteiger partial charge in [0, 0.05) is 62.4 Å². The SMILES string of the molecule is CCc1nc(-c2cccc3cc(-c4ccc(C(=O)NC)nc4)ncc23)c2n1CCN(C(C)=O)C2. The lowest BCUT2D eigenvalue weighted by atomic mass is 10.0. The molecule has 0 unspecified atom stereocenters. The van der Waals surface area contributed by atoms with Gasteiger partial charge in [-0.05, 0) is 23.6 Å². The summed E-state index contributed by atoms with van der Waals surface area (Å²) in [6, 6.07) is 11.7. The molecule has 34 heavy (non-hydrogen) atoms. The average Bonchev–Trinajstić information content (AvgIpc) is 3.25. The maximum atomic E-state index is 12.1. The fraction of sp³-hybridized carbons (Fsp3) is 0.269. The molecule has 0 atom stereocenters. The molecule has 3 aromatic heterocycles. The Bertz CT molecular complexity index is 1410. The van der Waals surface area contributed by atoms with Crippen LogP contribution in [0.2, 0.25) is 0 Å². The van der Waals surface area contributed by atoms with E-state index < -0.39 is 0 Å². The molecule has 8 nitrogen and oxygen atoms in total. The van der Waals surface area contributed by atoms with E-state index in [1.165, 1.54) is 0 Å². The molecular weight excluding hydrogens is 428 g/mol. The van der Waals surface area contributed by atoms with Gasteiger partial charge in [-0.15, -0.1) is 0 Å². The lowest BCUT2D eigenvalue weighted by molar-refractivity contribution is -0.130. The molecule has 172 valence electrons. The van der Waals surface area contributed by atoms with Gasteiger partial charge in [0.25, 0.3) is 5.91 Å². The van der Waals surface area contributed by atoms with Crippen LogP contribution in [0.15, 0.2) is 48.8 Å². The molecule has 0 aliphatic carbocycles. The number of nitrogens with one attached hydrogen (secondary N) is 1. The fourth-order valence-corrected chi connectivity index (χ4v) is 4.54. The summed E-state index contributed by atoms with van der Waals surface area (Å²) in [7, 11) is 1.58. The van der Waals surface area contributed by atoms with Gasteiger partial charge in [0.05, 0.1) is 23.6 Å². The number of carbonyl (C=O) groups excluding carboxylic acids is 2. The molecule has 0 bridgehead atoms. The summed E-state index contributed by atoms with van der Waals surface area (Å²) in [5, 5.41) is 4.62. The van der Waals surface area contributed by atoms with Crippen LogP contribution in [0.1, 0.15) is 35.9 Å². The minimum atomic E-state index is -0.221.